The molecule has 4 heteroatoms. The summed E-state index contributed by atoms with van der Waals surface area (Å²) >= 11 is 0. The Morgan fingerprint density at radius 2 is 1.95 bits per heavy atom. The molecule has 0 fully saturated rings. The zero-order chi connectivity index (χ0) is 14.7. The van der Waals surface area contributed by atoms with E-state index < -0.39 is 0 Å². The SMILES string of the molecule is COc1cc(N)cc(Cn2ccnc2-c2ccccc2)c1. The maximum atomic E-state index is 5.91. The largest absolute Gasteiger partial charge is 0.497 e. The minimum Gasteiger partial charge on any atom is -0.497 e. The lowest BCUT2D eigenvalue weighted by Crippen LogP contribution is -2.02. The monoisotopic (exact) mass is 279 g/mol. The van der Waals surface area contributed by atoms with E-state index in [2.05, 4.69) is 21.7 Å². The van der Waals surface area contributed by atoms with Gasteiger partial charge in [-0.05, 0) is 17.7 Å². The van der Waals surface area contributed by atoms with Crippen LogP contribution in [-0.4, -0.2) is 16.7 Å². The van der Waals surface area contributed by atoms with Gasteiger partial charge in [-0.15, -0.1) is 0 Å². The molecular weight excluding hydrogens is 262 g/mol. The van der Waals surface area contributed by atoms with Crippen molar-refractivity contribution in [3.05, 3.63) is 66.5 Å². The number of ether oxygens (including phenoxy) is 1. The zero-order valence-electron chi connectivity index (χ0n) is 11.9. The third kappa shape index (κ3) is 2.89. The van der Waals surface area contributed by atoms with E-state index in [9.17, 15) is 0 Å². The molecule has 3 aromatic rings. The second kappa shape index (κ2) is 5.71. The summed E-state index contributed by atoms with van der Waals surface area (Å²) in [4.78, 5) is 4.45. The van der Waals surface area contributed by atoms with Crippen LogP contribution in [0.15, 0.2) is 60.9 Å². The van der Waals surface area contributed by atoms with Crippen molar-refractivity contribution < 1.29 is 4.74 Å². The first-order chi connectivity index (χ1) is 10.3. The van der Waals surface area contributed by atoms with Crippen molar-refractivity contribution in [1.82, 2.24) is 9.55 Å². The van der Waals surface area contributed by atoms with Gasteiger partial charge in [0.25, 0.3) is 0 Å². The van der Waals surface area contributed by atoms with Gasteiger partial charge in [0.05, 0.1) is 7.11 Å². The average Bonchev–Trinajstić information content (AvgIpc) is 2.95. The van der Waals surface area contributed by atoms with Crippen LogP contribution in [0.3, 0.4) is 0 Å². The van der Waals surface area contributed by atoms with Crippen LogP contribution in [0.2, 0.25) is 0 Å². The fraction of sp³-hybridized carbons (Fsp3) is 0.118. The van der Waals surface area contributed by atoms with Crippen LogP contribution in [0, 0.1) is 0 Å². The van der Waals surface area contributed by atoms with E-state index in [4.69, 9.17) is 10.5 Å². The van der Waals surface area contributed by atoms with Crippen molar-refractivity contribution in [2.24, 2.45) is 0 Å². The Labute approximate surface area is 123 Å². The lowest BCUT2D eigenvalue weighted by molar-refractivity contribution is 0.414. The zero-order valence-corrected chi connectivity index (χ0v) is 11.9. The van der Waals surface area contributed by atoms with Gasteiger partial charge in [0.2, 0.25) is 0 Å². The molecule has 0 bridgehead atoms. The van der Waals surface area contributed by atoms with E-state index in [1.165, 1.54) is 0 Å². The Morgan fingerprint density at radius 1 is 1.14 bits per heavy atom. The summed E-state index contributed by atoms with van der Waals surface area (Å²) in [6.07, 6.45) is 3.78. The minimum absolute atomic E-state index is 0.700. The topological polar surface area (TPSA) is 53.1 Å². The molecule has 106 valence electrons. The predicted octanol–water partition coefficient (Wildman–Crippen LogP) is 3.19. The predicted molar refractivity (Wildman–Crippen MR) is 84.2 cm³/mol. The number of nitrogens with zero attached hydrogens (tertiary/aromatic N) is 2. The van der Waals surface area contributed by atoms with Crippen LogP contribution in [0.1, 0.15) is 5.56 Å². The Bertz CT molecular complexity index is 735. The standard InChI is InChI=1S/C17H17N3O/c1-21-16-10-13(9-15(18)11-16)12-20-8-7-19-17(20)14-5-3-2-4-6-14/h2-11H,12,18H2,1H3. The Hall–Kier alpha value is -2.75. The number of anilines is 1. The first kappa shape index (κ1) is 13.2. The van der Waals surface area contributed by atoms with E-state index in [-0.39, 0.29) is 0 Å². The first-order valence-electron chi connectivity index (χ1n) is 6.76. The molecule has 0 aliphatic rings. The number of hydrogen-bond acceptors (Lipinski definition) is 3. The summed E-state index contributed by atoms with van der Waals surface area (Å²) < 4.78 is 7.37. The van der Waals surface area contributed by atoms with Crippen molar-refractivity contribution >= 4 is 5.69 Å². The van der Waals surface area contributed by atoms with Crippen LogP contribution in [0.25, 0.3) is 11.4 Å². The molecule has 0 atom stereocenters. The second-order valence-corrected chi connectivity index (χ2v) is 4.86. The van der Waals surface area contributed by atoms with E-state index in [1.54, 1.807) is 7.11 Å². The Kier molecular flexibility index (Phi) is 3.60. The number of methoxy groups -OCH3 is 1. The molecule has 0 spiro atoms. The molecule has 0 saturated heterocycles. The molecule has 21 heavy (non-hydrogen) atoms. The highest BCUT2D eigenvalue weighted by atomic mass is 16.5. The third-order valence-electron chi connectivity index (χ3n) is 3.32. The summed E-state index contributed by atoms with van der Waals surface area (Å²) in [5.41, 5.74) is 8.79. The van der Waals surface area contributed by atoms with Crippen LogP contribution in [-0.2, 0) is 6.54 Å². The van der Waals surface area contributed by atoms with Crippen LogP contribution in [0.5, 0.6) is 5.75 Å². The average molecular weight is 279 g/mol. The van der Waals surface area contributed by atoms with Gasteiger partial charge in [0, 0.05) is 36.3 Å². The minimum atomic E-state index is 0.700. The molecule has 0 aliphatic carbocycles. The number of imidazole rings is 1. The van der Waals surface area contributed by atoms with Crippen molar-refractivity contribution in [2.45, 2.75) is 6.54 Å². The van der Waals surface area contributed by atoms with E-state index in [0.29, 0.717) is 12.2 Å². The number of rotatable bonds is 4. The highest BCUT2D eigenvalue weighted by Crippen LogP contribution is 2.22. The lowest BCUT2D eigenvalue weighted by atomic mass is 10.1. The van der Waals surface area contributed by atoms with Crippen LogP contribution < -0.4 is 10.5 Å². The van der Waals surface area contributed by atoms with Crippen molar-refractivity contribution in [1.29, 1.82) is 0 Å². The lowest BCUT2D eigenvalue weighted by Gasteiger charge is -2.10. The molecular formula is C17H17N3O. The van der Waals surface area contributed by atoms with Crippen LogP contribution >= 0.6 is 0 Å². The van der Waals surface area contributed by atoms with Gasteiger partial charge in [0.15, 0.2) is 0 Å². The Balaban J connectivity index is 1.93. The number of benzene rings is 2. The van der Waals surface area contributed by atoms with Gasteiger partial charge >= 0.3 is 0 Å². The molecule has 1 aromatic heterocycles. The maximum absolute atomic E-state index is 5.91. The van der Waals surface area contributed by atoms with Crippen molar-refractivity contribution in [2.75, 3.05) is 12.8 Å². The molecule has 2 aromatic carbocycles. The molecule has 0 radical (unpaired) electrons. The fourth-order valence-electron chi connectivity index (χ4n) is 2.38. The van der Waals surface area contributed by atoms with Gasteiger partial charge in [0.1, 0.15) is 11.6 Å². The van der Waals surface area contributed by atoms with Gasteiger partial charge in [-0.2, -0.15) is 0 Å². The van der Waals surface area contributed by atoms with E-state index in [1.807, 2.05) is 48.8 Å². The summed E-state index contributed by atoms with van der Waals surface area (Å²) in [5, 5.41) is 0. The van der Waals surface area contributed by atoms with E-state index >= 15 is 0 Å². The molecule has 0 aliphatic heterocycles. The number of nitrogen functional groups attached to an aromatic ring is 1. The van der Waals surface area contributed by atoms with Gasteiger partial charge in [-0.1, -0.05) is 30.3 Å². The summed E-state index contributed by atoms with van der Waals surface area (Å²) in [6, 6.07) is 15.9. The van der Waals surface area contributed by atoms with Gasteiger partial charge in [-0.3, -0.25) is 0 Å². The molecule has 0 unspecified atom stereocenters. The second-order valence-electron chi connectivity index (χ2n) is 4.86. The number of nitrogens with two attached hydrogens (primary N) is 1. The molecule has 4 nitrogen and oxygen atoms in total. The third-order valence-corrected chi connectivity index (χ3v) is 3.32. The van der Waals surface area contributed by atoms with Crippen molar-refractivity contribution in [3.8, 4) is 17.1 Å². The molecule has 0 saturated carbocycles. The molecule has 2 N–H and O–H groups in total. The highest BCUT2D eigenvalue weighted by molar-refractivity contribution is 5.55. The summed E-state index contributed by atoms with van der Waals surface area (Å²) in [6.45, 7) is 0.700. The summed E-state index contributed by atoms with van der Waals surface area (Å²) in [7, 11) is 1.64. The number of aromatic nitrogens is 2. The van der Waals surface area contributed by atoms with E-state index in [0.717, 1.165) is 22.7 Å². The molecule has 0 amide bonds. The quantitative estimate of drug-likeness (QED) is 0.746. The highest BCUT2D eigenvalue weighted by Gasteiger charge is 2.07. The first-order valence-corrected chi connectivity index (χ1v) is 6.76. The Morgan fingerprint density at radius 3 is 2.71 bits per heavy atom. The van der Waals surface area contributed by atoms with Crippen molar-refractivity contribution in [3.63, 3.8) is 0 Å². The number of hydrogen-bond donors (Lipinski definition) is 1. The van der Waals surface area contributed by atoms with Gasteiger partial charge < -0.3 is 15.0 Å². The smallest absolute Gasteiger partial charge is 0.140 e. The fourth-order valence-corrected chi connectivity index (χ4v) is 2.38. The summed E-state index contributed by atoms with van der Waals surface area (Å²) in [5.74, 6) is 1.71. The van der Waals surface area contributed by atoms with Gasteiger partial charge in [-0.25, -0.2) is 4.98 Å². The molecule has 3 rings (SSSR count). The molecule has 1 heterocycles. The normalized spacial score (nSPS) is 10.5. The van der Waals surface area contributed by atoms with Crippen LogP contribution in [0.4, 0.5) is 5.69 Å². The maximum Gasteiger partial charge on any atom is 0.140 e.